The lowest BCUT2D eigenvalue weighted by Gasteiger charge is -2.08. The van der Waals surface area contributed by atoms with Gasteiger partial charge in [-0.1, -0.05) is 41.4 Å². The lowest BCUT2D eigenvalue weighted by Crippen LogP contribution is -1.98. The van der Waals surface area contributed by atoms with E-state index in [-0.39, 0.29) is 21.6 Å². The van der Waals surface area contributed by atoms with Gasteiger partial charge in [-0.2, -0.15) is 19.6 Å². The van der Waals surface area contributed by atoms with Crippen molar-refractivity contribution in [3.8, 4) is 11.1 Å². The second kappa shape index (κ2) is 4.19. The molecule has 0 saturated carbocycles. The highest BCUT2D eigenvalue weighted by Gasteiger charge is 2.18. The average Bonchev–Trinajstić information content (AvgIpc) is 2.79. The number of aromatic nitrogens is 4. The molecule has 0 spiro atoms. The summed E-state index contributed by atoms with van der Waals surface area (Å²) in [4.78, 5) is 7.89. The highest BCUT2D eigenvalue weighted by molar-refractivity contribution is 6.38. The van der Waals surface area contributed by atoms with E-state index in [0.717, 1.165) is 0 Å². The maximum atomic E-state index is 13.8. The predicted octanol–water partition coefficient (Wildman–Crippen LogP) is 3.24. The first-order valence-corrected chi connectivity index (χ1v) is 5.73. The SMILES string of the molecule is Fc1ccccc1-c1c(Cl)nc2ncnn2c1Cl. The summed E-state index contributed by atoms with van der Waals surface area (Å²) in [5.74, 6) is -0.160. The average molecular weight is 283 g/mol. The highest BCUT2D eigenvalue weighted by Crippen LogP contribution is 2.34. The van der Waals surface area contributed by atoms with Gasteiger partial charge in [-0.25, -0.2) is 4.39 Å². The summed E-state index contributed by atoms with van der Waals surface area (Å²) >= 11 is 12.2. The third-order valence-electron chi connectivity index (χ3n) is 2.47. The van der Waals surface area contributed by atoms with Crippen LogP contribution in [0.5, 0.6) is 0 Å². The van der Waals surface area contributed by atoms with E-state index in [4.69, 9.17) is 23.2 Å². The summed E-state index contributed by atoms with van der Waals surface area (Å²) in [6.07, 6.45) is 1.30. The van der Waals surface area contributed by atoms with Crippen molar-refractivity contribution in [3.63, 3.8) is 0 Å². The molecule has 90 valence electrons. The van der Waals surface area contributed by atoms with Gasteiger partial charge in [-0.3, -0.25) is 0 Å². The molecule has 2 heterocycles. The van der Waals surface area contributed by atoms with Crippen LogP contribution in [0.25, 0.3) is 16.9 Å². The summed E-state index contributed by atoms with van der Waals surface area (Å²) in [5, 5.41) is 4.17. The van der Waals surface area contributed by atoms with Crippen LogP contribution >= 0.6 is 23.2 Å². The Morgan fingerprint density at radius 3 is 2.72 bits per heavy atom. The summed E-state index contributed by atoms with van der Waals surface area (Å²) in [6.45, 7) is 0. The highest BCUT2D eigenvalue weighted by atomic mass is 35.5. The Bertz CT molecular complexity index is 741. The van der Waals surface area contributed by atoms with Gasteiger partial charge in [0.1, 0.15) is 22.5 Å². The van der Waals surface area contributed by atoms with Crippen molar-refractivity contribution in [1.29, 1.82) is 0 Å². The Balaban J connectivity index is 2.39. The quantitative estimate of drug-likeness (QED) is 0.644. The maximum absolute atomic E-state index is 13.8. The topological polar surface area (TPSA) is 43.1 Å². The van der Waals surface area contributed by atoms with Gasteiger partial charge in [0, 0.05) is 5.56 Å². The Morgan fingerprint density at radius 2 is 1.94 bits per heavy atom. The molecule has 0 N–H and O–H groups in total. The van der Waals surface area contributed by atoms with Crippen molar-refractivity contribution in [2.24, 2.45) is 0 Å². The number of hydrogen-bond donors (Lipinski definition) is 0. The molecule has 0 aliphatic rings. The molecule has 0 bridgehead atoms. The second-order valence-electron chi connectivity index (χ2n) is 3.52. The normalized spacial score (nSPS) is 11.1. The lowest BCUT2D eigenvalue weighted by molar-refractivity contribution is 0.631. The molecular weight excluding hydrogens is 278 g/mol. The molecule has 0 aliphatic heterocycles. The van der Waals surface area contributed by atoms with Crippen LogP contribution in [0.1, 0.15) is 0 Å². The molecule has 0 radical (unpaired) electrons. The van der Waals surface area contributed by atoms with Gasteiger partial charge in [-0.15, -0.1) is 0 Å². The molecule has 0 amide bonds. The van der Waals surface area contributed by atoms with E-state index < -0.39 is 5.82 Å². The fraction of sp³-hybridized carbons (Fsp3) is 0. The van der Waals surface area contributed by atoms with E-state index in [0.29, 0.717) is 5.56 Å². The van der Waals surface area contributed by atoms with Gasteiger partial charge >= 0.3 is 0 Å². The Labute approximate surface area is 111 Å². The Hall–Kier alpha value is -1.72. The minimum atomic E-state index is -0.428. The zero-order chi connectivity index (χ0) is 12.7. The lowest BCUT2D eigenvalue weighted by atomic mass is 10.1. The van der Waals surface area contributed by atoms with Crippen molar-refractivity contribution in [2.75, 3.05) is 0 Å². The van der Waals surface area contributed by atoms with Gasteiger partial charge in [0.25, 0.3) is 5.78 Å². The fourth-order valence-electron chi connectivity index (χ4n) is 1.67. The van der Waals surface area contributed by atoms with Crippen molar-refractivity contribution in [3.05, 3.63) is 46.7 Å². The molecule has 0 atom stereocenters. The van der Waals surface area contributed by atoms with Crippen molar-refractivity contribution >= 4 is 29.0 Å². The molecule has 2 aromatic heterocycles. The number of fused-ring (bicyclic) bond motifs is 1. The van der Waals surface area contributed by atoms with Crippen LogP contribution in [-0.4, -0.2) is 19.6 Å². The first kappa shape index (κ1) is 11.4. The van der Waals surface area contributed by atoms with E-state index in [1.165, 1.54) is 16.9 Å². The summed E-state index contributed by atoms with van der Waals surface area (Å²) in [6, 6.07) is 6.18. The van der Waals surface area contributed by atoms with Gasteiger partial charge in [-0.05, 0) is 6.07 Å². The largest absolute Gasteiger partial charge is 0.255 e. The van der Waals surface area contributed by atoms with Crippen LogP contribution in [0.4, 0.5) is 4.39 Å². The molecule has 0 saturated heterocycles. The van der Waals surface area contributed by atoms with Crippen LogP contribution in [-0.2, 0) is 0 Å². The Kier molecular flexibility index (Phi) is 2.65. The summed E-state index contributed by atoms with van der Waals surface area (Å²) in [5.41, 5.74) is 0.576. The minimum absolute atomic E-state index is 0.0885. The summed E-state index contributed by atoms with van der Waals surface area (Å²) in [7, 11) is 0. The molecule has 4 nitrogen and oxygen atoms in total. The van der Waals surface area contributed by atoms with E-state index >= 15 is 0 Å². The smallest absolute Gasteiger partial charge is 0.206 e. The van der Waals surface area contributed by atoms with Crippen LogP contribution in [0.3, 0.4) is 0 Å². The van der Waals surface area contributed by atoms with Crippen LogP contribution < -0.4 is 0 Å². The van der Waals surface area contributed by atoms with E-state index in [2.05, 4.69) is 15.1 Å². The molecular formula is C11H5Cl2FN4. The van der Waals surface area contributed by atoms with Crippen molar-refractivity contribution < 1.29 is 4.39 Å². The number of nitrogens with zero attached hydrogens (tertiary/aromatic N) is 4. The number of halogens is 3. The molecule has 7 heteroatoms. The van der Waals surface area contributed by atoms with Crippen LogP contribution in [0, 0.1) is 5.82 Å². The molecule has 18 heavy (non-hydrogen) atoms. The predicted molar refractivity (Wildman–Crippen MR) is 66.2 cm³/mol. The van der Waals surface area contributed by atoms with E-state index in [1.807, 2.05) is 0 Å². The Morgan fingerprint density at radius 1 is 1.17 bits per heavy atom. The third kappa shape index (κ3) is 1.63. The fourth-order valence-corrected chi connectivity index (χ4v) is 2.30. The third-order valence-corrected chi connectivity index (χ3v) is 3.09. The molecule has 3 aromatic rings. The van der Waals surface area contributed by atoms with Gasteiger partial charge < -0.3 is 0 Å². The molecule has 0 unspecified atom stereocenters. The maximum Gasteiger partial charge on any atom is 0.255 e. The molecule has 3 rings (SSSR count). The molecule has 0 aliphatic carbocycles. The number of benzene rings is 1. The van der Waals surface area contributed by atoms with Crippen molar-refractivity contribution in [1.82, 2.24) is 19.6 Å². The van der Waals surface area contributed by atoms with E-state index in [1.54, 1.807) is 18.2 Å². The molecule has 1 aromatic carbocycles. The first-order chi connectivity index (χ1) is 8.68. The summed E-state index contributed by atoms with van der Waals surface area (Å²) < 4.78 is 15.1. The van der Waals surface area contributed by atoms with Crippen LogP contribution in [0.15, 0.2) is 30.6 Å². The minimum Gasteiger partial charge on any atom is -0.206 e. The van der Waals surface area contributed by atoms with Gasteiger partial charge in [0.05, 0.1) is 5.56 Å². The van der Waals surface area contributed by atoms with Gasteiger partial charge in [0.15, 0.2) is 0 Å². The van der Waals surface area contributed by atoms with Crippen molar-refractivity contribution in [2.45, 2.75) is 0 Å². The van der Waals surface area contributed by atoms with E-state index in [9.17, 15) is 4.39 Å². The standard InChI is InChI=1S/C11H5Cl2FN4/c12-9-8(6-3-1-2-4-7(6)14)10(13)18-11(17-9)15-5-16-18/h1-5H. The monoisotopic (exact) mass is 282 g/mol. The molecule has 0 fully saturated rings. The zero-order valence-electron chi connectivity index (χ0n) is 8.81. The number of rotatable bonds is 1. The number of hydrogen-bond acceptors (Lipinski definition) is 3. The first-order valence-electron chi connectivity index (χ1n) is 4.98. The van der Waals surface area contributed by atoms with Gasteiger partial charge in [0.2, 0.25) is 0 Å². The second-order valence-corrected chi connectivity index (χ2v) is 4.24. The zero-order valence-corrected chi connectivity index (χ0v) is 10.3. The van der Waals surface area contributed by atoms with Crippen LogP contribution in [0.2, 0.25) is 10.3 Å².